The molecule has 1 saturated carbocycles. The normalized spacial score (nSPS) is 21.6. The van der Waals surface area contributed by atoms with Crippen molar-refractivity contribution < 1.29 is 13.7 Å². The summed E-state index contributed by atoms with van der Waals surface area (Å²) in [4.78, 5) is 10.3. The zero-order valence-corrected chi connectivity index (χ0v) is 12.3. The van der Waals surface area contributed by atoms with Gasteiger partial charge >= 0.3 is 0 Å². The first-order chi connectivity index (χ1) is 9.80. The smallest absolute Gasteiger partial charge is 0.295 e. The average molecular weight is 298 g/mol. The average Bonchev–Trinajstić information content (AvgIpc) is 2.56. The molecule has 0 bridgehead atoms. The number of benzene rings is 1. The van der Waals surface area contributed by atoms with Crippen LogP contribution >= 0.6 is 0 Å². The second-order valence-corrected chi connectivity index (χ2v) is 6.45. The van der Waals surface area contributed by atoms with Crippen LogP contribution in [0.1, 0.15) is 46.0 Å². The highest BCUT2D eigenvalue weighted by atomic mass is 19.2. The highest BCUT2D eigenvalue weighted by molar-refractivity contribution is 5.63. The van der Waals surface area contributed by atoms with E-state index < -0.39 is 22.2 Å². The van der Waals surface area contributed by atoms with Gasteiger partial charge in [-0.25, -0.2) is 8.78 Å². The molecule has 2 rings (SSSR count). The summed E-state index contributed by atoms with van der Waals surface area (Å²) in [6.45, 7) is 4.36. The number of halogens is 2. The van der Waals surface area contributed by atoms with Gasteiger partial charge in [0.15, 0.2) is 17.3 Å². The Balaban J connectivity index is 2.23. The predicted molar refractivity (Wildman–Crippen MR) is 77.3 cm³/mol. The second kappa shape index (κ2) is 5.95. The van der Waals surface area contributed by atoms with Crippen molar-refractivity contribution >= 4 is 11.4 Å². The molecule has 21 heavy (non-hydrogen) atoms. The molecular formula is C15H20F2N2O2. The molecule has 0 aromatic heterocycles. The van der Waals surface area contributed by atoms with E-state index in [0.717, 1.165) is 44.2 Å². The molecule has 1 N–H and O–H groups in total. The molecule has 0 heterocycles. The van der Waals surface area contributed by atoms with E-state index in [0.29, 0.717) is 0 Å². The standard InChI is InChI=1S/C15H20F2N2O2/c1-15(2)8-3-4-10(7-9-15)18-14-12(19(20)21)6-5-11(16)13(14)17/h5-6,10,18H,3-4,7-9H2,1-2H3. The maximum absolute atomic E-state index is 13.9. The summed E-state index contributed by atoms with van der Waals surface area (Å²) < 4.78 is 27.2. The van der Waals surface area contributed by atoms with Gasteiger partial charge in [-0.3, -0.25) is 10.1 Å². The van der Waals surface area contributed by atoms with E-state index in [2.05, 4.69) is 19.2 Å². The molecular weight excluding hydrogens is 278 g/mol. The summed E-state index contributed by atoms with van der Waals surface area (Å²) in [7, 11) is 0. The molecule has 1 aliphatic rings. The molecule has 0 saturated heterocycles. The van der Waals surface area contributed by atoms with E-state index in [-0.39, 0.29) is 17.1 Å². The van der Waals surface area contributed by atoms with Crippen LogP contribution in [0.4, 0.5) is 20.2 Å². The first-order valence-corrected chi connectivity index (χ1v) is 7.19. The van der Waals surface area contributed by atoms with Gasteiger partial charge in [0.25, 0.3) is 5.69 Å². The predicted octanol–water partition coefficient (Wildman–Crippen LogP) is 4.64. The fraction of sp³-hybridized carbons (Fsp3) is 0.600. The van der Waals surface area contributed by atoms with Crippen LogP contribution in [0.3, 0.4) is 0 Å². The molecule has 116 valence electrons. The van der Waals surface area contributed by atoms with Crippen LogP contribution in [0.25, 0.3) is 0 Å². The Bertz CT molecular complexity index is 547. The molecule has 1 aromatic rings. The lowest BCUT2D eigenvalue weighted by atomic mass is 9.85. The van der Waals surface area contributed by atoms with Crippen LogP contribution in [-0.4, -0.2) is 11.0 Å². The lowest BCUT2D eigenvalue weighted by molar-refractivity contribution is -0.384. The summed E-state index contributed by atoms with van der Waals surface area (Å²) in [5.74, 6) is -2.25. The zero-order valence-electron chi connectivity index (χ0n) is 12.3. The molecule has 1 unspecified atom stereocenters. The quantitative estimate of drug-likeness (QED) is 0.502. The fourth-order valence-electron chi connectivity index (χ4n) is 2.84. The van der Waals surface area contributed by atoms with Gasteiger partial charge in [0.2, 0.25) is 0 Å². The Labute approximate surface area is 122 Å². The number of hydrogen-bond donors (Lipinski definition) is 1. The first-order valence-electron chi connectivity index (χ1n) is 7.19. The minimum atomic E-state index is -1.17. The van der Waals surface area contributed by atoms with E-state index in [1.54, 1.807) is 0 Å². The van der Waals surface area contributed by atoms with Gasteiger partial charge in [-0.05, 0) is 37.2 Å². The summed E-state index contributed by atoms with van der Waals surface area (Å²) in [5, 5.41) is 13.8. The monoisotopic (exact) mass is 298 g/mol. The molecule has 0 aliphatic heterocycles. The van der Waals surface area contributed by atoms with Crippen LogP contribution in [0.2, 0.25) is 0 Å². The summed E-state index contributed by atoms with van der Waals surface area (Å²) in [5.41, 5.74) is -0.523. The largest absolute Gasteiger partial charge is 0.374 e. The van der Waals surface area contributed by atoms with E-state index in [1.807, 2.05) is 0 Å². The maximum Gasteiger partial charge on any atom is 0.295 e. The lowest BCUT2D eigenvalue weighted by Gasteiger charge is -2.22. The number of hydrogen-bond acceptors (Lipinski definition) is 3. The van der Waals surface area contributed by atoms with E-state index in [9.17, 15) is 18.9 Å². The number of nitro benzene ring substituents is 1. The third kappa shape index (κ3) is 3.68. The molecule has 1 atom stereocenters. The van der Waals surface area contributed by atoms with Crippen molar-refractivity contribution in [2.45, 2.75) is 52.0 Å². The van der Waals surface area contributed by atoms with Gasteiger partial charge in [-0.15, -0.1) is 0 Å². The number of nitro groups is 1. The van der Waals surface area contributed by atoms with Gasteiger partial charge in [0.05, 0.1) is 4.92 Å². The van der Waals surface area contributed by atoms with Crippen LogP contribution in [-0.2, 0) is 0 Å². The zero-order chi connectivity index (χ0) is 15.6. The van der Waals surface area contributed by atoms with Crippen molar-refractivity contribution in [2.75, 3.05) is 5.32 Å². The summed E-state index contributed by atoms with van der Waals surface area (Å²) >= 11 is 0. The van der Waals surface area contributed by atoms with E-state index in [1.165, 1.54) is 0 Å². The van der Waals surface area contributed by atoms with Crippen LogP contribution in [0.15, 0.2) is 12.1 Å². The topological polar surface area (TPSA) is 55.2 Å². The van der Waals surface area contributed by atoms with Crippen molar-refractivity contribution in [3.05, 3.63) is 33.9 Å². The molecule has 4 nitrogen and oxygen atoms in total. The van der Waals surface area contributed by atoms with Crippen molar-refractivity contribution in [1.82, 2.24) is 0 Å². The Morgan fingerprint density at radius 2 is 2.00 bits per heavy atom. The molecule has 1 aromatic carbocycles. The van der Waals surface area contributed by atoms with Crippen LogP contribution < -0.4 is 5.32 Å². The lowest BCUT2D eigenvalue weighted by Crippen LogP contribution is -2.21. The van der Waals surface area contributed by atoms with Crippen LogP contribution in [0.5, 0.6) is 0 Å². The molecule has 0 amide bonds. The van der Waals surface area contributed by atoms with Crippen molar-refractivity contribution in [2.24, 2.45) is 5.41 Å². The fourth-order valence-corrected chi connectivity index (χ4v) is 2.84. The van der Waals surface area contributed by atoms with Crippen molar-refractivity contribution in [1.29, 1.82) is 0 Å². The third-order valence-corrected chi connectivity index (χ3v) is 4.19. The molecule has 1 aliphatic carbocycles. The maximum atomic E-state index is 13.9. The Hall–Kier alpha value is -1.72. The summed E-state index contributed by atoms with van der Waals surface area (Å²) in [6.07, 6.45) is 4.58. The first kappa shape index (κ1) is 15.7. The molecule has 6 heteroatoms. The Kier molecular flexibility index (Phi) is 4.44. The van der Waals surface area contributed by atoms with Gasteiger partial charge < -0.3 is 5.32 Å². The van der Waals surface area contributed by atoms with Crippen molar-refractivity contribution in [3.63, 3.8) is 0 Å². The SMILES string of the molecule is CC1(C)CCCC(Nc2c([N+](=O)[O-])ccc(F)c2F)CC1. The van der Waals surface area contributed by atoms with Gasteiger partial charge in [-0.1, -0.05) is 20.3 Å². The van der Waals surface area contributed by atoms with E-state index in [4.69, 9.17) is 0 Å². The second-order valence-electron chi connectivity index (χ2n) is 6.45. The van der Waals surface area contributed by atoms with E-state index >= 15 is 0 Å². The number of anilines is 1. The summed E-state index contributed by atoms with van der Waals surface area (Å²) in [6, 6.07) is 1.72. The molecule has 1 fully saturated rings. The van der Waals surface area contributed by atoms with Gasteiger partial charge in [0.1, 0.15) is 0 Å². The molecule has 0 spiro atoms. The Morgan fingerprint density at radius 1 is 1.29 bits per heavy atom. The number of nitrogens with zero attached hydrogens (tertiary/aromatic N) is 1. The number of rotatable bonds is 3. The molecule has 0 radical (unpaired) electrons. The van der Waals surface area contributed by atoms with Crippen LogP contribution in [0, 0.1) is 27.2 Å². The highest BCUT2D eigenvalue weighted by Gasteiger charge is 2.28. The third-order valence-electron chi connectivity index (χ3n) is 4.19. The highest BCUT2D eigenvalue weighted by Crippen LogP contribution is 2.36. The van der Waals surface area contributed by atoms with Gasteiger partial charge in [-0.2, -0.15) is 0 Å². The van der Waals surface area contributed by atoms with Gasteiger partial charge in [0, 0.05) is 12.1 Å². The Morgan fingerprint density at radius 3 is 2.67 bits per heavy atom. The minimum absolute atomic E-state index is 0.0678. The number of nitrogens with one attached hydrogen (secondary N) is 1. The van der Waals surface area contributed by atoms with Crippen molar-refractivity contribution in [3.8, 4) is 0 Å². The minimum Gasteiger partial charge on any atom is -0.374 e.